The van der Waals surface area contributed by atoms with E-state index in [2.05, 4.69) is 15.0 Å². The molecule has 8 nitrogen and oxygen atoms in total. The lowest BCUT2D eigenvalue weighted by Gasteiger charge is -2.22. The van der Waals surface area contributed by atoms with E-state index < -0.39 is 10.0 Å². The molecule has 0 amide bonds. The Kier molecular flexibility index (Phi) is 4.81. The van der Waals surface area contributed by atoms with E-state index in [9.17, 15) is 8.42 Å². The Morgan fingerprint density at radius 3 is 2.70 bits per heavy atom. The van der Waals surface area contributed by atoms with Gasteiger partial charge in [-0.25, -0.2) is 13.4 Å². The highest BCUT2D eigenvalue weighted by Gasteiger charge is 2.36. The maximum absolute atomic E-state index is 12.9. The van der Waals surface area contributed by atoms with Crippen LogP contribution in [0.15, 0.2) is 29.4 Å². The number of nitrogens with zero attached hydrogens (tertiary/aromatic N) is 5. The smallest absolute Gasteiger partial charge is 0.246 e. The number of aromatic nitrogens is 3. The zero-order chi connectivity index (χ0) is 19.0. The number of rotatable bonds is 5. The van der Waals surface area contributed by atoms with Crippen LogP contribution in [-0.2, 0) is 17.1 Å². The number of anilines is 1. The highest BCUT2D eigenvalue weighted by atomic mass is 32.2. The van der Waals surface area contributed by atoms with Crippen molar-refractivity contribution in [3.8, 4) is 5.75 Å². The van der Waals surface area contributed by atoms with Crippen LogP contribution >= 0.6 is 0 Å². The van der Waals surface area contributed by atoms with Crippen LogP contribution < -0.4 is 9.64 Å². The van der Waals surface area contributed by atoms with Gasteiger partial charge < -0.3 is 9.64 Å². The van der Waals surface area contributed by atoms with Crippen molar-refractivity contribution >= 4 is 15.8 Å². The van der Waals surface area contributed by atoms with Gasteiger partial charge in [-0.15, -0.1) is 0 Å². The van der Waals surface area contributed by atoms with Crippen LogP contribution in [0.5, 0.6) is 5.75 Å². The lowest BCUT2D eigenvalue weighted by atomic mass is 10.3. The summed E-state index contributed by atoms with van der Waals surface area (Å²) >= 11 is 0. The first kappa shape index (κ1) is 18.2. The predicted molar refractivity (Wildman–Crippen MR) is 101 cm³/mol. The van der Waals surface area contributed by atoms with Crippen molar-refractivity contribution in [3.05, 3.63) is 30.2 Å². The minimum Gasteiger partial charge on any atom is -0.485 e. The molecule has 9 heteroatoms. The van der Waals surface area contributed by atoms with E-state index in [4.69, 9.17) is 4.74 Å². The van der Waals surface area contributed by atoms with E-state index >= 15 is 0 Å². The minimum absolute atomic E-state index is 0.178. The maximum Gasteiger partial charge on any atom is 0.246 e. The quantitative estimate of drug-likeness (QED) is 0.770. The molecule has 27 heavy (non-hydrogen) atoms. The molecular weight excluding hydrogens is 366 g/mol. The number of hydrogen-bond donors (Lipinski definition) is 0. The van der Waals surface area contributed by atoms with E-state index in [-0.39, 0.29) is 11.0 Å². The van der Waals surface area contributed by atoms with Gasteiger partial charge in [-0.05, 0) is 38.3 Å². The number of hydrogen-bond acceptors (Lipinski definition) is 6. The van der Waals surface area contributed by atoms with Gasteiger partial charge in [-0.3, -0.25) is 4.68 Å². The molecule has 0 aromatic carbocycles. The molecular formula is C18H25N5O3S. The Morgan fingerprint density at radius 1 is 1.22 bits per heavy atom. The van der Waals surface area contributed by atoms with Crippen LogP contribution in [0.1, 0.15) is 25.0 Å². The first-order valence-corrected chi connectivity index (χ1v) is 10.8. The molecule has 4 rings (SSSR count). The molecule has 0 spiro atoms. The van der Waals surface area contributed by atoms with Crippen molar-refractivity contribution in [2.75, 3.05) is 31.1 Å². The lowest BCUT2D eigenvalue weighted by Crippen LogP contribution is -2.31. The number of sulfonamides is 1. The van der Waals surface area contributed by atoms with E-state index in [1.54, 1.807) is 24.9 Å². The first-order chi connectivity index (χ1) is 13.0. The molecule has 2 fully saturated rings. The summed E-state index contributed by atoms with van der Waals surface area (Å²) in [6.45, 7) is 4.52. The second-order valence-corrected chi connectivity index (χ2v) is 9.04. The zero-order valence-corrected chi connectivity index (χ0v) is 16.5. The number of ether oxygens (including phenoxy) is 1. The minimum atomic E-state index is -3.56. The van der Waals surface area contributed by atoms with Gasteiger partial charge in [0.2, 0.25) is 10.0 Å². The van der Waals surface area contributed by atoms with Crippen molar-refractivity contribution in [2.24, 2.45) is 7.05 Å². The van der Waals surface area contributed by atoms with E-state index in [0.717, 1.165) is 37.5 Å². The summed E-state index contributed by atoms with van der Waals surface area (Å²) in [6.07, 6.45) is 6.00. The molecule has 2 aliphatic heterocycles. The van der Waals surface area contributed by atoms with Gasteiger partial charge in [0, 0.05) is 32.9 Å². The standard InChI is InChI=1S/C18H25N5O3S/c1-14-17(12-20-21(14)2)27(24,25)23-11-7-15(13-23)26-16-6-5-8-19-18(16)22-9-3-4-10-22/h5-6,8,12,15H,3-4,7,9-11,13H2,1-2H3. The van der Waals surface area contributed by atoms with Crippen LogP contribution in [0.3, 0.4) is 0 Å². The van der Waals surface area contributed by atoms with Crippen molar-refractivity contribution in [1.82, 2.24) is 19.1 Å². The van der Waals surface area contributed by atoms with Gasteiger partial charge in [-0.1, -0.05) is 0 Å². The van der Waals surface area contributed by atoms with Crippen LogP contribution in [0.2, 0.25) is 0 Å². The van der Waals surface area contributed by atoms with Gasteiger partial charge in [0.1, 0.15) is 11.0 Å². The predicted octanol–water partition coefficient (Wildman–Crippen LogP) is 1.57. The van der Waals surface area contributed by atoms with Crippen molar-refractivity contribution < 1.29 is 13.2 Å². The summed E-state index contributed by atoms with van der Waals surface area (Å²) in [5.74, 6) is 1.60. The fourth-order valence-corrected chi connectivity index (χ4v) is 5.38. The molecule has 0 aliphatic carbocycles. The molecule has 0 N–H and O–H groups in total. The zero-order valence-electron chi connectivity index (χ0n) is 15.7. The molecule has 2 aliphatic rings. The summed E-state index contributed by atoms with van der Waals surface area (Å²) in [6, 6.07) is 3.78. The van der Waals surface area contributed by atoms with E-state index in [1.165, 1.54) is 10.5 Å². The second kappa shape index (κ2) is 7.12. The van der Waals surface area contributed by atoms with Gasteiger partial charge >= 0.3 is 0 Å². The van der Waals surface area contributed by atoms with Crippen molar-refractivity contribution in [2.45, 2.75) is 37.2 Å². The third-order valence-corrected chi connectivity index (χ3v) is 7.33. The van der Waals surface area contributed by atoms with Gasteiger partial charge in [0.15, 0.2) is 11.6 Å². The Labute approximate surface area is 159 Å². The largest absolute Gasteiger partial charge is 0.485 e. The molecule has 2 aromatic heterocycles. The van der Waals surface area contributed by atoms with Crippen LogP contribution in [0.25, 0.3) is 0 Å². The van der Waals surface area contributed by atoms with Gasteiger partial charge in [0.25, 0.3) is 0 Å². The Hall–Kier alpha value is -2.13. The van der Waals surface area contributed by atoms with Gasteiger partial charge in [-0.2, -0.15) is 9.40 Å². The average Bonchev–Trinajstić information content (AvgIpc) is 3.39. The van der Waals surface area contributed by atoms with Crippen LogP contribution in [-0.4, -0.2) is 59.8 Å². The molecule has 4 heterocycles. The molecule has 1 unspecified atom stereocenters. The summed E-state index contributed by atoms with van der Waals surface area (Å²) in [4.78, 5) is 6.99. The maximum atomic E-state index is 12.9. The third kappa shape index (κ3) is 3.41. The highest BCUT2D eigenvalue weighted by molar-refractivity contribution is 7.89. The Balaban J connectivity index is 1.49. The molecule has 0 bridgehead atoms. The van der Waals surface area contributed by atoms with Crippen LogP contribution in [0.4, 0.5) is 5.82 Å². The highest BCUT2D eigenvalue weighted by Crippen LogP contribution is 2.31. The summed E-state index contributed by atoms with van der Waals surface area (Å²) in [7, 11) is -1.81. The monoisotopic (exact) mass is 391 g/mol. The lowest BCUT2D eigenvalue weighted by molar-refractivity contribution is 0.215. The first-order valence-electron chi connectivity index (χ1n) is 9.32. The van der Waals surface area contributed by atoms with E-state index in [0.29, 0.717) is 25.2 Å². The van der Waals surface area contributed by atoms with Crippen LogP contribution in [0, 0.1) is 6.92 Å². The van der Waals surface area contributed by atoms with Crippen molar-refractivity contribution in [1.29, 1.82) is 0 Å². The topological polar surface area (TPSA) is 80.6 Å². The van der Waals surface area contributed by atoms with Crippen molar-refractivity contribution in [3.63, 3.8) is 0 Å². The normalized spacial score (nSPS) is 21.1. The number of aryl methyl sites for hydroxylation is 1. The molecule has 0 saturated carbocycles. The molecule has 1 atom stereocenters. The second-order valence-electron chi connectivity index (χ2n) is 7.13. The number of pyridine rings is 1. The Bertz CT molecular complexity index is 921. The fraction of sp³-hybridized carbons (Fsp3) is 0.556. The SMILES string of the molecule is Cc1c(S(=O)(=O)N2CCC(Oc3cccnc3N3CCCC3)C2)cnn1C. The average molecular weight is 391 g/mol. The molecule has 0 radical (unpaired) electrons. The van der Waals surface area contributed by atoms with E-state index in [1.807, 2.05) is 12.1 Å². The third-order valence-electron chi connectivity index (χ3n) is 5.37. The molecule has 2 aromatic rings. The van der Waals surface area contributed by atoms with Gasteiger partial charge in [0.05, 0.1) is 18.4 Å². The molecule has 2 saturated heterocycles. The fourth-order valence-electron chi connectivity index (χ4n) is 3.70. The summed E-state index contributed by atoms with van der Waals surface area (Å²) < 4.78 is 35.1. The summed E-state index contributed by atoms with van der Waals surface area (Å²) in [5.41, 5.74) is 0.642. The summed E-state index contributed by atoms with van der Waals surface area (Å²) in [5, 5.41) is 4.06. The Morgan fingerprint density at radius 2 is 2.00 bits per heavy atom. The molecule has 146 valence electrons.